The first kappa shape index (κ1) is 15.7. The third kappa shape index (κ3) is 2.52. The number of nitrogens with zero attached hydrogens (tertiary/aromatic N) is 3. The second-order valence-electron chi connectivity index (χ2n) is 6.29. The van der Waals surface area contributed by atoms with Crippen LogP contribution in [0.2, 0.25) is 0 Å². The summed E-state index contributed by atoms with van der Waals surface area (Å²) < 4.78 is 25.6. The summed E-state index contributed by atoms with van der Waals surface area (Å²) in [6.07, 6.45) is 3.33. The fourth-order valence-corrected chi connectivity index (χ4v) is 5.29. The first-order chi connectivity index (χ1) is 10.5. The number of hydrogen-bond donors (Lipinski definition) is 0. The summed E-state index contributed by atoms with van der Waals surface area (Å²) >= 11 is 0. The molecule has 0 radical (unpaired) electrons. The minimum atomic E-state index is -3.19. The van der Waals surface area contributed by atoms with Crippen LogP contribution in [0, 0.1) is 0 Å². The fraction of sp³-hybridized carbons (Fsp3) is 0.857. The molecule has 0 aromatic heterocycles. The number of imide groups is 1. The van der Waals surface area contributed by atoms with E-state index in [0.717, 1.165) is 12.8 Å². The van der Waals surface area contributed by atoms with E-state index in [9.17, 15) is 18.0 Å². The Bertz CT molecular complexity index is 547. The molecule has 3 heterocycles. The molecule has 0 bridgehead atoms. The summed E-state index contributed by atoms with van der Waals surface area (Å²) in [6, 6.07) is -0.601. The van der Waals surface area contributed by atoms with Crippen LogP contribution in [-0.2, 0) is 14.8 Å². The van der Waals surface area contributed by atoms with Gasteiger partial charge in [0.1, 0.15) is 6.04 Å². The molecule has 1 atom stereocenters. The van der Waals surface area contributed by atoms with E-state index in [-0.39, 0.29) is 29.8 Å². The third-order valence-corrected chi connectivity index (χ3v) is 6.95. The van der Waals surface area contributed by atoms with E-state index in [1.54, 1.807) is 4.90 Å². The van der Waals surface area contributed by atoms with Gasteiger partial charge in [-0.1, -0.05) is 6.92 Å². The predicted molar refractivity (Wildman–Crippen MR) is 80.6 cm³/mol. The standard InChI is InChI=1S/C14H23N3O4S/c1-2-10-22(20,21)15-8-5-11(6-9-15)17-13(18)12-4-3-7-16(12)14(17)19/h11-12H,2-10H2,1H3/t12-/m1/s1. The molecule has 0 spiro atoms. The van der Waals surface area contributed by atoms with E-state index in [1.165, 1.54) is 9.21 Å². The molecule has 0 unspecified atom stereocenters. The fourth-order valence-electron chi connectivity index (χ4n) is 3.75. The molecule has 3 fully saturated rings. The Labute approximate surface area is 131 Å². The maximum absolute atomic E-state index is 12.4. The van der Waals surface area contributed by atoms with Gasteiger partial charge in [-0.25, -0.2) is 17.5 Å². The summed E-state index contributed by atoms with van der Waals surface area (Å²) in [5, 5.41) is 0. The van der Waals surface area contributed by atoms with Crippen molar-refractivity contribution in [2.45, 2.75) is 51.1 Å². The highest BCUT2D eigenvalue weighted by atomic mass is 32.2. The molecule has 0 saturated carbocycles. The zero-order valence-corrected chi connectivity index (χ0v) is 13.7. The van der Waals surface area contributed by atoms with Gasteiger partial charge in [-0.15, -0.1) is 0 Å². The smallest absolute Gasteiger partial charge is 0.312 e. The molecular weight excluding hydrogens is 306 g/mol. The lowest BCUT2D eigenvalue weighted by Crippen LogP contribution is -2.49. The Morgan fingerprint density at radius 1 is 1.09 bits per heavy atom. The first-order valence-corrected chi connectivity index (χ1v) is 9.68. The number of hydrogen-bond acceptors (Lipinski definition) is 4. The zero-order chi connectivity index (χ0) is 15.9. The van der Waals surface area contributed by atoms with Gasteiger partial charge in [-0.3, -0.25) is 9.69 Å². The number of carbonyl (C=O) groups excluding carboxylic acids is 2. The van der Waals surface area contributed by atoms with Crippen molar-refractivity contribution in [1.82, 2.24) is 14.1 Å². The number of rotatable bonds is 4. The summed E-state index contributed by atoms with van der Waals surface area (Å²) in [5.74, 6) is 0.0760. The van der Waals surface area contributed by atoms with Crippen molar-refractivity contribution in [1.29, 1.82) is 0 Å². The number of amides is 3. The van der Waals surface area contributed by atoms with E-state index >= 15 is 0 Å². The van der Waals surface area contributed by atoms with Gasteiger partial charge in [0.25, 0.3) is 5.91 Å². The van der Waals surface area contributed by atoms with Crippen LogP contribution in [0.5, 0.6) is 0 Å². The van der Waals surface area contributed by atoms with Gasteiger partial charge in [0.05, 0.1) is 5.75 Å². The van der Waals surface area contributed by atoms with Crippen molar-refractivity contribution >= 4 is 22.0 Å². The van der Waals surface area contributed by atoms with Gasteiger partial charge in [-0.2, -0.15) is 0 Å². The Morgan fingerprint density at radius 3 is 2.36 bits per heavy atom. The number of fused-ring (bicyclic) bond motifs is 1. The first-order valence-electron chi connectivity index (χ1n) is 8.07. The van der Waals surface area contributed by atoms with Crippen LogP contribution in [0.3, 0.4) is 0 Å². The molecule has 0 N–H and O–H groups in total. The van der Waals surface area contributed by atoms with Crippen LogP contribution in [0.4, 0.5) is 4.79 Å². The largest absolute Gasteiger partial charge is 0.327 e. The van der Waals surface area contributed by atoms with Crippen LogP contribution in [-0.4, -0.2) is 71.9 Å². The summed E-state index contributed by atoms with van der Waals surface area (Å²) in [4.78, 5) is 27.9. The van der Waals surface area contributed by atoms with Crippen LogP contribution in [0.1, 0.15) is 39.0 Å². The highest BCUT2D eigenvalue weighted by Crippen LogP contribution is 2.31. The number of sulfonamides is 1. The van der Waals surface area contributed by atoms with Crippen molar-refractivity contribution in [3.05, 3.63) is 0 Å². The minimum Gasteiger partial charge on any atom is -0.312 e. The summed E-state index contributed by atoms with van der Waals surface area (Å²) in [6.45, 7) is 3.30. The van der Waals surface area contributed by atoms with Crippen LogP contribution >= 0.6 is 0 Å². The molecule has 0 aromatic carbocycles. The topological polar surface area (TPSA) is 78.0 Å². The van der Waals surface area contributed by atoms with E-state index in [1.807, 2.05) is 6.92 Å². The molecule has 3 saturated heterocycles. The Morgan fingerprint density at radius 2 is 1.77 bits per heavy atom. The maximum atomic E-state index is 12.4. The van der Waals surface area contributed by atoms with Crippen molar-refractivity contribution in [3.8, 4) is 0 Å². The van der Waals surface area contributed by atoms with E-state index in [4.69, 9.17) is 0 Å². The van der Waals surface area contributed by atoms with Gasteiger partial charge in [0, 0.05) is 25.7 Å². The van der Waals surface area contributed by atoms with Crippen LogP contribution in [0.25, 0.3) is 0 Å². The number of piperidine rings is 1. The van der Waals surface area contributed by atoms with Crippen molar-refractivity contribution < 1.29 is 18.0 Å². The molecule has 22 heavy (non-hydrogen) atoms. The number of carbonyl (C=O) groups is 2. The normalized spacial score (nSPS) is 27.8. The van der Waals surface area contributed by atoms with Gasteiger partial charge in [0.2, 0.25) is 10.0 Å². The Kier molecular flexibility index (Phi) is 4.15. The predicted octanol–water partition coefficient (Wildman–Crippen LogP) is 0.617. The minimum absolute atomic E-state index is 0.0858. The van der Waals surface area contributed by atoms with Gasteiger partial charge in [0.15, 0.2) is 0 Å². The van der Waals surface area contributed by atoms with Crippen molar-refractivity contribution in [2.75, 3.05) is 25.4 Å². The zero-order valence-electron chi connectivity index (χ0n) is 12.9. The molecule has 3 aliphatic heterocycles. The highest BCUT2D eigenvalue weighted by Gasteiger charge is 2.50. The Balaban J connectivity index is 1.65. The SMILES string of the molecule is CCCS(=O)(=O)N1CCC(N2C(=O)[C@H]3CCCN3C2=O)CC1. The molecule has 8 heteroatoms. The molecule has 3 aliphatic rings. The lowest BCUT2D eigenvalue weighted by atomic mass is 10.0. The van der Waals surface area contributed by atoms with E-state index in [2.05, 4.69) is 0 Å². The van der Waals surface area contributed by atoms with Gasteiger partial charge in [-0.05, 0) is 32.1 Å². The third-order valence-electron chi connectivity index (χ3n) is 4.87. The van der Waals surface area contributed by atoms with Gasteiger partial charge < -0.3 is 4.90 Å². The maximum Gasteiger partial charge on any atom is 0.327 e. The second-order valence-corrected chi connectivity index (χ2v) is 8.38. The van der Waals surface area contributed by atoms with E-state index in [0.29, 0.717) is 38.9 Å². The molecule has 0 aromatic rings. The number of urea groups is 1. The molecular formula is C14H23N3O4S. The molecule has 0 aliphatic carbocycles. The molecule has 3 amide bonds. The van der Waals surface area contributed by atoms with Crippen LogP contribution < -0.4 is 0 Å². The van der Waals surface area contributed by atoms with Crippen molar-refractivity contribution in [3.63, 3.8) is 0 Å². The summed E-state index contributed by atoms with van der Waals surface area (Å²) in [5.41, 5.74) is 0. The Hall–Kier alpha value is -1.15. The van der Waals surface area contributed by atoms with Crippen LogP contribution in [0.15, 0.2) is 0 Å². The molecule has 3 rings (SSSR count). The molecule has 124 valence electrons. The lowest BCUT2D eigenvalue weighted by Gasteiger charge is -2.35. The van der Waals surface area contributed by atoms with Gasteiger partial charge >= 0.3 is 6.03 Å². The molecule has 7 nitrogen and oxygen atoms in total. The monoisotopic (exact) mass is 329 g/mol. The summed E-state index contributed by atoms with van der Waals surface area (Å²) in [7, 11) is -3.19. The average Bonchev–Trinajstić information content (AvgIpc) is 3.04. The second kappa shape index (κ2) is 5.81. The van der Waals surface area contributed by atoms with Crippen molar-refractivity contribution in [2.24, 2.45) is 0 Å². The highest BCUT2D eigenvalue weighted by molar-refractivity contribution is 7.89. The van der Waals surface area contributed by atoms with E-state index < -0.39 is 10.0 Å². The lowest BCUT2D eigenvalue weighted by molar-refractivity contribution is -0.129. The average molecular weight is 329 g/mol. The quantitative estimate of drug-likeness (QED) is 0.708.